The number of nitrogens with zero attached hydrogens (tertiary/aromatic N) is 3. The van der Waals surface area contributed by atoms with Gasteiger partial charge in [0, 0.05) is 13.1 Å². The van der Waals surface area contributed by atoms with Crippen LogP contribution in [0.15, 0.2) is 6.07 Å². The van der Waals surface area contributed by atoms with Gasteiger partial charge >= 0.3 is 5.97 Å². The Balaban J connectivity index is 3.12. The zero-order valence-electron chi connectivity index (χ0n) is 11.4. The van der Waals surface area contributed by atoms with Crippen molar-refractivity contribution in [3.8, 4) is 5.88 Å². The monoisotopic (exact) mass is 253 g/mol. The van der Waals surface area contributed by atoms with Crippen LogP contribution in [0.1, 0.15) is 26.6 Å². The van der Waals surface area contributed by atoms with Crippen molar-refractivity contribution < 1.29 is 14.6 Å². The van der Waals surface area contributed by atoms with Crippen LogP contribution in [-0.4, -0.2) is 40.2 Å². The largest absolute Gasteiger partial charge is 0.480 e. The zero-order valence-corrected chi connectivity index (χ0v) is 11.4. The van der Waals surface area contributed by atoms with Gasteiger partial charge in [0.05, 0.1) is 6.61 Å². The summed E-state index contributed by atoms with van der Waals surface area (Å²) in [5, 5.41) is 9.20. The van der Waals surface area contributed by atoms with Crippen LogP contribution >= 0.6 is 0 Å². The first kappa shape index (κ1) is 14.2. The summed E-state index contributed by atoms with van der Waals surface area (Å²) >= 11 is 0. The Labute approximate surface area is 107 Å². The summed E-state index contributed by atoms with van der Waals surface area (Å²) in [4.78, 5) is 21.2. The van der Waals surface area contributed by atoms with Crippen LogP contribution in [0, 0.1) is 6.92 Å². The first-order chi connectivity index (χ1) is 8.28. The fourth-order valence-corrected chi connectivity index (χ4v) is 1.35. The Kier molecular flexibility index (Phi) is 4.11. The van der Waals surface area contributed by atoms with Crippen LogP contribution in [0.5, 0.6) is 5.88 Å². The van der Waals surface area contributed by atoms with Crippen molar-refractivity contribution in [1.29, 1.82) is 0 Å². The van der Waals surface area contributed by atoms with E-state index < -0.39 is 11.5 Å². The van der Waals surface area contributed by atoms with Gasteiger partial charge in [-0.25, -0.2) is 9.78 Å². The summed E-state index contributed by atoms with van der Waals surface area (Å²) in [6.07, 6.45) is 0. The van der Waals surface area contributed by atoms with E-state index in [9.17, 15) is 9.90 Å². The fourth-order valence-electron chi connectivity index (χ4n) is 1.35. The maximum atomic E-state index is 11.2. The Bertz CT molecular complexity index is 446. The molecular formula is C12H19N3O3. The number of anilines is 1. The molecule has 6 heteroatoms. The van der Waals surface area contributed by atoms with Crippen molar-refractivity contribution in [2.75, 3.05) is 18.6 Å². The number of rotatable bonds is 5. The Morgan fingerprint density at radius 2 is 2.11 bits per heavy atom. The summed E-state index contributed by atoms with van der Waals surface area (Å²) in [5.41, 5.74) is -1.05. The first-order valence-corrected chi connectivity index (χ1v) is 5.74. The van der Waals surface area contributed by atoms with E-state index in [-0.39, 0.29) is 0 Å². The van der Waals surface area contributed by atoms with Gasteiger partial charge in [-0.2, -0.15) is 4.98 Å². The maximum Gasteiger partial charge on any atom is 0.328 e. The summed E-state index contributed by atoms with van der Waals surface area (Å²) in [6, 6.07) is 1.64. The van der Waals surface area contributed by atoms with Crippen molar-refractivity contribution in [2.45, 2.75) is 33.2 Å². The van der Waals surface area contributed by atoms with Crippen LogP contribution in [0.25, 0.3) is 0 Å². The predicted molar refractivity (Wildman–Crippen MR) is 68.1 cm³/mol. The van der Waals surface area contributed by atoms with Gasteiger partial charge in [0.15, 0.2) is 0 Å². The minimum absolute atomic E-state index is 0.452. The van der Waals surface area contributed by atoms with E-state index in [0.717, 1.165) is 0 Å². The molecule has 0 spiro atoms. The van der Waals surface area contributed by atoms with Crippen molar-refractivity contribution in [2.24, 2.45) is 0 Å². The lowest BCUT2D eigenvalue weighted by molar-refractivity contribution is -0.142. The first-order valence-electron chi connectivity index (χ1n) is 5.74. The van der Waals surface area contributed by atoms with Crippen molar-refractivity contribution in [1.82, 2.24) is 9.97 Å². The van der Waals surface area contributed by atoms with Crippen molar-refractivity contribution in [3.05, 3.63) is 11.9 Å². The molecule has 0 atom stereocenters. The van der Waals surface area contributed by atoms with Crippen molar-refractivity contribution >= 4 is 11.8 Å². The molecule has 0 aliphatic heterocycles. The predicted octanol–water partition coefficient (Wildman–Crippen LogP) is 1.48. The second-order valence-electron chi connectivity index (χ2n) is 4.47. The smallest absolute Gasteiger partial charge is 0.328 e. The molecule has 0 aliphatic rings. The SMILES string of the molecule is CCOc1cc(N(C)C(C)(C)C(=O)O)nc(C)n1. The molecule has 1 aromatic rings. The second-order valence-corrected chi connectivity index (χ2v) is 4.47. The number of carboxylic acid groups (broad SMARTS) is 1. The minimum Gasteiger partial charge on any atom is -0.480 e. The molecule has 0 saturated carbocycles. The molecule has 18 heavy (non-hydrogen) atoms. The topological polar surface area (TPSA) is 75.5 Å². The Morgan fingerprint density at radius 3 is 2.61 bits per heavy atom. The standard InChI is InChI=1S/C12H19N3O3/c1-6-18-10-7-9(13-8(2)14-10)15(5)12(3,4)11(16)17/h7H,6H2,1-5H3,(H,16,17). The number of carboxylic acids is 1. The van der Waals surface area contributed by atoms with E-state index in [1.165, 1.54) is 0 Å². The summed E-state index contributed by atoms with van der Waals surface area (Å²) in [7, 11) is 1.69. The van der Waals surface area contributed by atoms with E-state index in [0.29, 0.717) is 24.1 Å². The van der Waals surface area contributed by atoms with Gasteiger partial charge < -0.3 is 14.7 Å². The number of hydrogen-bond donors (Lipinski definition) is 1. The molecule has 0 saturated heterocycles. The van der Waals surface area contributed by atoms with Gasteiger partial charge in [-0.1, -0.05) is 0 Å². The van der Waals surface area contributed by atoms with Crippen LogP contribution in [-0.2, 0) is 4.79 Å². The highest BCUT2D eigenvalue weighted by molar-refractivity contribution is 5.82. The van der Waals surface area contributed by atoms with E-state index in [4.69, 9.17) is 4.74 Å². The summed E-state index contributed by atoms with van der Waals surface area (Å²) in [6.45, 7) is 7.35. The number of aryl methyl sites for hydroxylation is 1. The summed E-state index contributed by atoms with van der Waals surface area (Å²) < 4.78 is 5.33. The Hall–Kier alpha value is -1.85. The van der Waals surface area contributed by atoms with E-state index in [1.54, 1.807) is 38.8 Å². The van der Waals surface area contributed by atoms with Crippen LogP contribution < -0.4 is 9.64 Å². The number of aliphatic carboxylic acids is 1. The average molecular weight is 253 g/mol. The third kappa shape index (κ3) is 2.88. The molecule has 1 aromatic heterocycles. The lowest BCUT2D eigenvalue weighted by Crippen LogP contribution is -2.48. The number of hydrogen-bond acceptors (Lipinski definition) is 5. The number of ether oxygens (including phenoxy) is 1. The quantitative estimate of drug-likeness (QED) is 0.856. The average Bonchev–Trinajstić information content (AvgIpc) is 2.27. The maximum absolute atomic E-state index is 11.2. The van der Waals surface area contributed by atoms with Crippen molar-refractivity contribution in [3.63, 3.8) is 0 Å². The van der Waals surface area contributed by atoms with Crippen LogP contribution in [0.2, 0.25) is 0 Å². The lowest BCUT2D eigenvalue weighted by Gasteiger charge is -2.32. The number of likely N-dealkylation sites (N-methyl/N-ethyl adjacent to an activating group) is 1. The number of carbonyl (C=O) groups is 1. The lowest BCUT2D eigenvalue weighted by atomic mass is 10.0. The Morgan fingerprint density at radius 1 is 1.50 bits per heavy atom. The molecule has 0 unspecified atom stereocenters. The molecule has 0 aromatic carbocycles. The molecule has 0 fully saturated rings. The third-order valence-electron chi connectivity index (χ3n) is 2.80. The van der Waals surface area contributed by atoms with Crippen LogP contribution in [0.4, 0.5) is 5.82 Å². The molecule has 0 radical (unpaired) electrons. The second kappa shape index (κ2) is 5.20. The molecule has 1 rings (SSSR count). The zero-order chi connectivity index (χ0) is 13.9. The molecule has 0 aliphatic carbocycles. The van der Waals surface area contributed by atoms with Gasteiger partial charge in [-0.15, -0.1) is 0 Å². The summed E-state index contributed by atoms with van der Waals surface area (Å²) in [5.74, 6) is 0.606. The van der Waals surface area contributed by atoms with Gasteiger partial charge in [0.2, 0.25) is 5.88 Å². The molecule has 100 valence electrons. The van der Waals surface area contributed by atoms with E-state index in [1.807, 2.05) is 6.92 Å². The van der Waals surface area contributed by atoms with E-state index in [2.05, 4.69) is 9.97 Å². The molecular weight excluding hydrogens is 234 g/mol. The van der Waals surface area contributed by atoms with Gasteiger partial charge in [0.25, 0.3) is 0 Å². The van der Waals surface area contributed by atoms with Gasteiger partial charge in [-0.05, 0) is 27.7 Å². The van der Waals surface area contributed by atoms with Gasteiger partial charge in [0.1, 0.15) is 17.2 Å². The number of aromatic nitrogens is 2. The minimum atomic E-state index is -1.05. The fraction of sp³-hybridized carbons (Fsp3) is 0.583. The molecule has 1 heterocycles. The molecule has 0 amide bonds. The van der Waals surface area contributed by atoms with E-state index >= 15 is 0 Å². The highest BCUT2D eigenvalue weighted by atomic mass is 16.5. The highest BCUT2D eigenvalue weighted by Gasteiger charge is 2.33. The van der Waals surface area contributed by atoms with Crippen LogP contribution in [0.3, 0.4) is 0 Å². The van der Waals surface area contributed by atoms with Gasteiger partial charge in [-0.3, -0.25) is 0 Å². The normalized spacial score (nSPS) is 11.2. The highest BCUT2D eigenvalue weighted by Crippen LogP contribution is 2.23. The third-order valence-corrected chi connectivity index (χ3v) is 2.80. The molecule has 0 bridgehead atoms. The molecule has 6 nitrogen and oxygen atoms in total. The molecule has 1 N–H and O–H groups in total.